The van der Waals surface area contributed by atoms with Crippen LogP contribution in [0.25, 0.3) is 22.2 Å². The monoisotopic (exact) mass is 411 g/mol. The molecule has 8 heteroatoms. The fourth-order valence-corrected chi connectivity index (χ4v) is 3.94. The number of carbonyl (C=O) groups excluding carboxylic acids is 1. The summed E-state index contributed by atoms with van der Waals surface area (Å²) < 4.78 is 13.3. The molecule has 1 amide bonds. The lowest BCUT2D eigenvalue weighted by atomic mass is 9.81. The summed E-state index contributed by atoms with van der Waals surface area (Å²) in [5.74, 6) is 0.966. The first-order valence-corrected chi connectivity index (χ1v) is 10.4. The molecular weight excluding hydrogens is 382 g/mol. The van der Waals surface area contributed by atoms with Crippen LogP contribution in [0, 0.1) is 5.41 Å². The predicted molar refractivity (Wildman–Crippen MR) is 114 cm³/mol. The summed E-state index contributed by atoms with van der Waals surface area (Å²) in [6.45, 7) is 7.38. The zero-order valence-corrected chi connectivity index (χ0v) is 17.9. The van der Waals surface area contributed by atoms with Crippen molar-refractivity contribution in [2.45, 2.75) is 33.2 Å². The Hall–Kier alpha value is -2.87. The van der Waals surface area contributed by atoms with Crippen LogP contribution in [0.5, 0.6) is 5.75 Å². The number of likely N-dealkylation sites (tertiary alicyclic amines) is 1. The van der Waals surface area contributed by atoms with Gasteiger partial charge in [-0.2, -0.15) is 5.10 Å². The summed E-state index contributed by atoms with van der Waals surface area (Å²) >= 11 is 0. The SMILES string of the molecule is COCCn1cc(-c2c[nH]c3nccc(OCC4(C)CCN(C(C)=O)CC4)c23)cn1. The molecule has 1 saturated heterocycles. The molecule has 0 aromatic carbocycles. The van der Waals surface area contributed by atoms with Crippen molar-refractivity contribution in [3.05, 3.63) is 30.9 Å². The molecule has 1 aliphatic heterocycles. The maximum absolute atomic E-state index is 11.6. The van der Waals surface area contributed by atoms with Gasteiger partial charge in [0.15, 0.2) is 0 Å². The lowest BCUT2D eigenvalue weighted by molar-refractivity contribution is -0.131. The van der Waals surface area contributed by atoms with Crippen molar-refractivity contribution < 1.29 is 14.3 Å². The first kappa shape index (κ1) is 20.4. The van der Waals surface area contributed by atoms with Crippen molar-refractivity contribution in [3.63, 3.8) is 0 Å². The molecule has 160 valence electrons. The van der Waals surface area contributed by atoms with E-state index in [0.717, 1.165) is 53.8 Å². The fourth-order valence-electron chi connectivity index (χ4n) is 3.94. The summed E-state index contributed by atoms with van der Waals surface area (Å²) in [6, 6.07) is 1.92. The number of ether oxygens (including phenoxy) is 2. The second kappa shape index (κ2) is 8.47. The number of nitrogens with one attached hydrogen (secondary N) is 1. The Morgan fingerprint density at radius 1 is 1.33 bits per heavy atom. The Morgan fingerprint density at radius 2 is 2.13 bits per heavy atom. The van der Waals surface area contributed by atoms with Crippen molar-refractivity contribution >= 4 is 16.9 Å². The molecule has 30 heavy (non-hydrogen) atoms. The number of methoxy groups -OCH3 is 1. The molecular formula is C22H29N5O3. The zero-order valence-electron chi connectivity index (χ0n) is 17.9. The predicted octanol–water partition coefficient (Wildman–Crippen LogP) is 3.10. The molecule has 0 saturated carbocycles. The molecule has 0 radical (unpaired) electrons. The molecule has 4 rings (SSSR count). The minimum atomic E-state index is 0.0447. The number of aromatic amines is 1. The number of piperidine rings is 1. The van der Waals surface area contributed by atoms with Gasteiger partial charge < -0.3 is 19.4 Å². The summed E-state index contributed by atoms with van der Waals surface area (Å²) in [6.07, 6.45) is 9.46. The van der Waals surface area contributed by atoms with Gasteiger partial charge >= 0.3 is 0 Å². The van der Waals surface area contributed by atoms with Gasteiger partial charge in [-0.3, -0.25) is 9.48 Å². The summed E-state index contributed by atoms with van der Waals surface area (Å²) in [7, 11) is 1.68. The highest BCUT2D eigenvalue weighted by Gasteiger charge is 2.32. The summed E-state index contributed by atoms with van der Waals surface area (Å²) in [4.78, 5) is 21.2. The highest BCUT2D eigenvalue weighted by atomic mass is 16.5. The third-order valence-electron chi connectivity index (χ3n) is 6.00. The molecule has 0 aliphatic carbocycles. The minimum Gasteiger partial charge on any atom is -0.492 e. The largest absolute Gasteiger partial charge is 0.492 e. The third-order valence-corrected chi connectivity index (χ3v) is 6.00. The quantitative estimate of drug-likeness (QED) is 0.646. The normalized spacial score (nSPS) is 16.2. The topological polar surface area (TPSA) is 85.3 Å². The molecule has 1 N–H and O–H groups in total. The van der Waals surface area contributed by atoms with Crippen LogP contribution in [-0.2, 0) is 16.1 Å². The average molecular weight is 412 g/mol. The number of H-pyrrole nitrogens is 1. The van der Waals surface area contributed by atoms with E-state index in [1.54, 1.807) is 20.2 Å². The van der Waals surface area contributed by atoms with Crippen LogP contribution in [-0.4, -0.2) is 64.0 Å². The first-order valence-electron chi connectivity index (χ1n) is 10.4. The van der Waals surface area contributed by atoms with Crippen molar-refractivity contribution in [1.29, 1.82) is 0 Å². The van der Waals surface area contributed by atoms with E-state index < -0.39 is 0 Å². The van der Waals surface area contributed by atoms with Gasteiger partial charge in [0, 0.05) is 62.3 Å². The van der Waals surface area contributed by atoms with Crippen LogP contribution in [0.4, 0.5) is 0 Å². The van der Waals surface area contributed by atoms with Gasteiger partial charge in [0.2, 0.25) is 5.91 Å². The lowest BCUT2D eigenvalue weighted by Crippen LogP contribution is -2.43. The van der Waals surface area contributed by atoms with E-state index in [-0.39, 0.29) is 11.3 Å². The van der Waals surface area contributed by atoms with Gasteiger partial charge in [-0.05, 0) is 18.9 Å². The van der Waals surface area contributed by atoms with E-state index in [9.17, 15) is 4.79 Å². The summed E-state index contributed by atoms with van der Waals surface area (Å²) in [5, 5.41) is 5.39. The first-order chi connectivity index (χ1) is 14.5. The standard InChI is InChI=1S/C22H29N5O3/c1-16(28)26-8-5-22(2,6-9-26)15-30-19-4-7-23-21-20(19)18(13-24-21)17-12-25-27(14-17)10-11-29-3/h4,7,12-14H,5-6,8-11,15H2,1-3H3,(H,23,24). The Kier molecular flexibility index (Phi) is 5.76. The Balaban J connectivity index is 1.53. The number of aromatic nitrogens is 4. The van der Waals surface area contributed by atoms with E-state index in [2.05, 4.69) is 22.0 Å². The van der Waals surface area contributed by atoms with Crippen molar-refractivity contribution in [3.8, 4) is 16.9 Å². The van der Waals surface area contributed by atoms with E-state index in [1.165, 1.54) is 0 Å². The van der Waals surface area contributed by atoms with Crippen LogP contribution in [0.2, 0.25) is 0 Å². The molecule has 1 fully saturated rings. The zero-order chi connectivity index (χ0) is 21.1. The van der Waals surface area contributed by atoms with E-state index in [0.29, 0.717) is 19.8 Å². The Labute approximate surface area is 176 Å². The second-order valence-corrected chi connectivity index (χ2v) is 8.33. The summed E-state index contributed by atoms with van der Waals surface area (Å²) in [5.41, 5.74) is 2.87. The molecule has 0 atom stereocenters. The number of rotatable bonds is 7. The molecule has 3 aromatic heterocycles. The maximum Gasteiger partial charge on any atom is 0.219 e. The Bertz CT molecular complexity index is 1020. The van der Waals surface area contributed by atoms with Crippen LogP contribution >= 0.6 is 0 Å². The highest BCUT2D eigenvalue weighted by Crippen LogP contribution is 2.37. The van der Waals surface area contributed by atoms with Crippen molar-refractivity contribution in [2.24, 2.45) is 5.41 Å². The van der Waals surface area contributed by atoms with Gasteiger partial charge in [-0.25, -0.2) is 4.98 Å². The number of amides is 1. The molecule has 1 aliphatic rings. The number of carbonyl (C=O) groups is 1. The minimum absolute atomic E-state index is 0.0447. The van der Waals surface area contributed by atoms with Gasteiger partial charge in [-0.1, -0.05) is 6.92 Å². The number of pyridine rings is 1. The number of hydrogen-bond donors (Lipinski definition) is 1. The molecule has 4 heterocycles. The van der Waals surface area contributed by atoms with Crippen LogP contribution in [0.15, 0.2) is 30.9 Å². The fraction of sp³-hybridized carbons (Fsp3) is 0.500. The van der Waals surface area contributed by atoms with Crippen LogP contribution in [0.1, 0.15) is 26.7 Å². The molecule has 3 aromatic rings. The number of nitrogens with zero attached hydrogens (tertiary/aromatic N) is 4. The number of fused-ring (bicyclic) bond motifs is 1. The van der Waals surface area contributed by atoms with Crippen LogP contribution in [0.3, 0.4) is 0 Å². The van der Waals surface area contributed by atoms with Crippen molar-refractivity contribution in [1.82, 2.24) is 24.6 Å². The average Bonchev–Trinajstić information content (AvgIpc) is 3.38. The smallest absolute Gasteiger partial charge is 0.219 e. The van der Waals surface area contributed by atoms with Crippen molar-refractivity contribution in [2.75, 3.05) is 33.4 Å². The second-order valence-electron chi connectivity index (χ2n) is 8.33. The van der Waals surface area contributed by atoms with Gasteiger partial charge in [0.05, 0.1) is 31.3 Å². The maximum atomic E-state index is 11.6. The van der Waals surface area contributed by atoms with Crippen LogP contribution < -0.4 is 4.74 Å². The van der Waals surface area contributed by atoms with E-state index in [4.69, 9.17) is 9.47 Å². The lowest BCUT2D eigenvalue weighted by Gasteiger charge is -2.38. The number of hydrogen-bond acceptors (Lipinski definition) is 5. The molecule has 0 spiro atoms. The highest BCUT2D eigenvalue weighted by molar-refractivity contribution is 5.97. The van der Waals surface area contributed by atoms with E-state index >= 15 is 0 Å². The van der Waals surface area contributed by atoms with Gasteiger partial charge in [-0.15, -0.1) is 0 Å². The van der Waals surface area contributed by atoms with E-state index in [1.807, 2.05) is 34.2 Å². The molecule has 0 bridgehead atoms. The Morgan fingerprint density at radius 3 is 2.87 bits per heavy atom. The van der Waals surface area contributed by atoms with Gasteiger partial charge in [0.1, 0.15) is 11.4 Å². The molecule has 8 nitrogen and oxygen atoms in total. The van der Waals surface area contributed by atoms with Gasteiger partial charge in [0.25, 0.3) is 0 Å². The molecule has 0 unspecified atom stereocenters. The third kappa shape index (κ3) is 4.18.